The van der Waals surface area contributed by atoms with Crippen LogP contribution in [0, 0.1) is 0 Å². The first-order valence-corrected chi connectivity index (χ1v) is 20.5. The van der Waals surface area contributed by atoms with Gasteiger partial charge < -0.3 is 9.32 Å². The van der Waals surface area contributed by atoms with Gasteiger partial charge in [0.15, 0.2) is 5.58 Å². The standard InChI is InChI=1S/C58H39NO/c1-3-16-40(17-4-1)47-21-9-11-24-51(47)52-25-12-10-22-48(52)42-30-35-45(36-31-42)59(55-28-15-27-54-53-26-13-14-29-56(53)60-58(54)55)46-37-32-43(33-38-46)50-39-34-41-18-7-8-23-49(41)57(50)44-19-5-2-6-20-44/h1-39H. The van der Waals surface area contributed by atoms with Gasteiger partial charge in [-0.1, -0.05) is 200 Å². The molecule has 0 spiro atoms. The number of hydrogen-bond donors (Lipinski definition) is 0. The lowest BCUT2D eigenvalue weighted by Crippen LogP contribution is -2.10. The van der Waals surface area contributed by atoms with Gasteiger partial charge in [-0.25, -0.2) is 0 Å². The molecule has 0 aliphatic carbocycles. The van der Waals surface area contributed by atoms with Crippen LogP contribution in [-0.4, -0.2) is 0 Å². The maximum atomic E-state index is 6.67. The average molecular weight is 766 g/mol. The Bertz CT molecular complexity index is 3290. The van der Waals surface area contributed by atoms with E-state index < -0.39 is 0 Å². The van der Waals surface area contributed by atoms with Gasteiger partial charge in [-0.15, -0.1) is 0 Å². The lowest BCUT2D eigenvalue weighted by atomic mass is 9.89. The molecule has 0 saturated heterocycles. The molecule has 0 radical (unpaired) electrons. The van der Waals surface area contributed by atoms with E-state index >= 15 is 0 Å². The van der Waals surface area contributed by atoms with Crippen molar-refractivity contribution in [3.63, 3.8) is 0 Å². The van der Waals surface area contributed by atoms with Crippen LogP contribution in [0.1, 0.15) is 0 Å². The number of fused-ring (bicyclic) bond motifs is 4. The number of anilines is 3. The van der Waals surface area contributed by atoms with Crippen molar-refractivity contribution in [3.8, 4) is 55.6 Å². The number of rotatable bonds is 8. The second-order valence-electron chi connectivity index (χ2n) is 15.2. The largest absolute Gasteiger partial charge is 0.454 e. The van der Waals surface area contributed by atoms with Gasteiger partial charge in [0, 0.05) is 22.1 Å². The molecule has 2 nitrogen and oxygen atoms in total. The Hall–Kier alpha value is -7.94. The molecule has 11 aromatic rings. The fourth-order valence-electron chi connectivity index (χ4n) is 8.90. The fraction of sp³-hybridized carbons (Fsp3) is 0. The van der Waals surface area contributed by atoms with Gasteiger partial charge in [0.1, 0.15) is 5.58 Å². The molecular formula is C58H39NO. The maximum Gasteiger partial charge on any atom is 0.159 e. The zero-order chi connectivity index (χ0) is 39.8. The van der Waals surface area contributed by atoms with Crippen molar-refractivity contribution in [3.05, 3.63) is 237 Å². The lowest BCUT2D eigenvalue weighted by Gasteiger charge is -2.26. The summed E-state index contributed by atoms with van der Waals surface area (Å²) in [6.45, 7) is 0. The second kappa shape index (κ2) is 15.1. The highest BCUT2D eigenvalue weighted by molar-refractivity contribution is 6.10. The highest BCUT2D eigenvalue weighted by atomic mass is 16.3. The highest BCUT2D eigenvalue weighted by Gasteiger charge is 2.21. The molecule has 1 aromatic heterocycles. The molecule has 1 heterocycles. The third-order valence-corrected chi connectivity index (χ3v) is 11.7. The molecule has 282 valence electrons. The second-order valence-corrected chi connectivity index (χ2v) is 15.2. The monoisotopic (exact) mass is 765 g/mol. The molecule has 0 bridgehead atoms. The van der Waals surface area contributed by atoms with Crippen LogP contribution in [0.5, 0.6) is 0 Å². The van der Waals surface area contributed by atoms with Crippen molar-refractivity contribution in [2.75, 3.05) is 4.90 Å². The summed E-state index contributed by atoms with van der Waals surface area (Å²) in [5.41, 5.74) is 16.8. The van der Waals surface area contributed by atoms with Crippen molar-refractivity contribution in [2.45, 2.75) is 0 Å². The summed E-state index contributed by atoms with van der Waals surface area (Å²) >= 11 is 0. The number of hydrogen-bond acceptors (Lipinski definition) is 2. The molecule has 11 rings (SSSR count). The average Bonchev–Trinajstić information content (AvgIpc) is 3.72. The summed E-state index contributed by atoms with van der Waals surface area (Å²) in [7, 11) is 0. The Kier molecular flexibility index (Phi) is 8.87. The van der Waals surface area contributed by atoms with Crippen LogP contribution >= 0.6 is 0 Å². The summed E-state index contributed by atoms with van der Waals surface area (Å²) in [4.78, 5) is 2.33. The summed E-state index contributed by atoms with van der Waals surface area (Å²) in [5.74, 6) is 0. The Morgan fingerprint density at radius 2 is 0.767 bits per heavy atom. The van der Waals surface area contributed by atoms with Crippen LogP contribution in [0.15, 0.2) is 241 Å². The summed E-state index contributed by atoms with van der Waals surface area (Å²) < 4.78 is 6.67. The SMILES string of the molecule is c1ccc(-c2ccccc2-c2ccccc2-c2ccc(N(c3ccc(-c4ccc5ccccc5c4-c4ccccc4)cc3)c3cccc4c3oc3ccccc34)cc2)cc1. The third kappa shape index (κ3) is 6.23. The molecule has 0 fully saturated rings. The zero-order valence-corrected chi connectivity index (χ0v) is 32.9. The molecule has 0 aliphatic rings. The van der Waals surface area contributed by atoms with E-state index in [1.165, 1.54) is 55.3 Å². The molecule has 0 aliphatic heterocycles. The van der Waals surface area contributed by atoms with Gasteiger partial charge in [-0.05, 0) is 103 Å². The summed E-state index contributed by atoms with van der Waals surface area (Å²) in [5, 5.41) is 4.68. The molecule has 0 saturated carbocycles. The van der Waals surface area contributed by atoms with Gasteiger partial charge in [0.2, 0.25) is 0 Å². The van der Waals surface area contributed by atoms with Crippen molar-refractivity contribution < 1.29 is 4.42 Å². The molecule has 0 atom stereocenters. The molecule has 2 heteroatoms. The quantitative estimate of drug-likeness (QED) is 0.153. The minimum Gasteiger partial charge on any atom is -0.454 e. The van der Waals surface area contributed by atoms with Gasteiger partial charge in [-0.3, -0.25) is 0 Å². The predicted molar refractivity (Wildman–Crippen MR) is 253 cm³/mol. The molecule has 60 heavy (non-hydrogen) atoms. The van der Waals surface area contributed by atoms with Crippen LogP contribution < -0.4 is 4.90 Å². The first kappa shape index (κ1) is 35.2. The van der Waals surface area contributed by atoms with E-state index in [2.05, 4.69) is 229 Å². The Balaban J connectivity index is 1.04. The molecule has 0 N–H and O–H groups in total. The first-order valence-electron chi connectivity index (χ1n) is 20.5. The van der Waals surface area contributed by atoms with E-state index in [9.17, 15) is 0 Å². The van der Waals surface area contributed by atoms with Crippen molar-refractivity contribution >= 4 is 49.8 Å². The normalized spacial score (nSPS) is 11.3. The zero-order valence-electron chi connectivity index (χ0n) is 32.9. The van der Waals surface area contributed by atoms with Crippen LogP contribution in [0.3, 0.4) is 0 Å². The summed E-state index contributed by atoms with van der Waals surface area (Å²) in [6.07, 6.45) is 0. The number of benzene rings is 10. The van der Waals surface area contributed by atoms with Gasteiger partial charge in [-0.2, -0.15) is 0 Å². The van der Waals surface area contributed by atoms with Crippen molar-refractivity contribution in [1.29, 1.82) is 0 Å². The minimum atomic E-state index is 0.857. The predicted octanol–water partition coefficient (Wildman–Crippen LogP) is 16.5. The van der Waals surface area contributed by atoms with Crippen LogP contribution in [0.2, 0.25) is 0 Å². The lowest BCUT2D eigenvalue weighted by molar-refractivity contribution is 0.669. The van der Waals surface area contributed by atoms with Crippen LogP contribution in [0.4, 0.5) is 17.1 Å². The van der Waals surface area contributed by atoms with E-state index in [1.807, 2.05) is 12.1 Å². The minimum absolute atomic E-state index is 0.857. The number of para-hydroxylation sites is 2. The molecule has 0 unspecified atom stereocenters. The topological polar surface area (TPSA) is 16.4 Å². The van der Waals surface area contributed by atoms with E-state index in [0.717, 1.165) is 50.1 Å². The van der Waals surface area contributed by atoms with Gasteiger partial charge in [0.05, 0.1) is 5.69 Å². The Labute approximate surface area is 349 Å². The van der Waals surface area contributed by atoms with Crippen molar-refractivity contribution in [2.24, 2.45) is 0 Å². The highest BCUT2D eigenvalue weighted by Crippen LogP contribution is 2.45. The van der Waals surface area contributed by atoms with Gasteiger partial charge in [0.25, 0.3) is 0 Å². The first-order chi connectivity index (χ1) is 29.8. The number of nitrogens with zero attached hydrogens (tertiary/aromatic N) is 1. The van der Waals surface area contributed by atoms with Crippen LogP contribution in [-0.2, 0) is 0 Å². The Morgan fingerprint density at radius 1 is 0.283 bits per heavy atom. The smallest absolute Gasteiger partial charge is 0.159 e. The van der Waals surface area contributed by atoms with E-state index in [0.29, 0.717) is 0 Å². The third-order valence-electron chi connectivity index (χ3n) is 11.7. The van der Waals surface area contributed by atoms with Crippen molar-refractivity contribution in [1.82, 2.24) is 0 Å². The van der Waals surface area contributed by atoms with E-state index in [4.69, 9.17) is 4.42 Å². The molecular weight excluding hydrogens is 727 g/mol. The Morgan fingerprint density at radius 3 is 1.42 bits per heavy atom. The van der Waals surface area contributed by atoms with Gasteiger partial charge >= 0.3 is 0 Å². The molecule has 10 aromatic carbocycles. The summed E-state index contributed by atoms with van der Waals surface area (Å²) in [6, 6.07) is 84.7. The fourth-order valence-corrected chi connectivity index (χ4v) is 8.90. The maximum absolute atomic E-state index is 6.67. The van der Waals surface area contributed by atoms with E-state index in [1.54, 1.807) is 0 Å². The van der Waals surface area contributed by atoms with E-state index in [-0.39, 0.29) is 0 Å². The van der Waals surface area contributed by atoms with Crippen LogP contribution in [0.25, 0.3) is 88.3 Å². The molecule has 0 amide bonds. The number of furan rings is 1.